The van der Waals surface area contributed by atoms with E-state index in [1.807, 2.05) is 37.4 Å². The summed E-state index contributed by atoms with van der Waals surface area (Å²) in [4.78, 5) is 18.3. The van der Waals surface area contributed by atoms with E-state index in [4.69, 9.17) is 16.3 Å². The second kappa shape index (κ2) is 6.43. The van der Waals surface area contributed by atoms with E-state index >= 15 is 0 Å². The quantitative estimate of drug-likeness (QED) is 0.714. The van der Waals surface area contributed by atoms with E-state index in [9.17, 15) is 4.79 Å². The molecule has 120 valence electrons. The highest BCUT2D eigenvalue weighted by molar-refractivity contribution is 7.17. The lowest BCUT2D eigenvalue weighted by atomic mass is 10.0. The molecular weight excluding hydrogens is 332 g/mol. The van der Waals surface area contributed by atoms with Crippen LogP contribution in [0.2, 0.25) is 5.02 Å². The molecule has 23 heavy (non-hydrogen) atoms. The van der Waals surface area contributed by atoms with E-state index in [-0.39, 0.29) is 5.56 Å². The van der Waals surface area contributed by atoms with Crippen LogP contribution in [0.15, 0.2) is 28.4 Å². The van der Waals surface area contributed by atoms with E-state index in [0.29, 0.717) is 24.4 Å². The minimum atomic E-state index is -0.0200. The van der Waals surface area contributed by atoms with Crippen LogP contribution in [-0.2, 0) is 11.3 Å². The standard InChI is InChI=1S/C17H17ClN2O2S/c1-10-8-12(4-5-14(10)18)13-9-23-16-15(13)17(21)20(6-7-22-3)11(2)19-16/h4-5,8-9H,6-7H2,1-3H3. The Morgan fingerprint density at radius 3 is 2.83 bits per heavy atom. The van der Waals surface area contributed by atoms with Crippen molar-refractivity contribution in [2.24, 2.45) is 0 Å². The first kappa shape index (κ1) is 16.2. The Morgan fingerprint density at radius 2 is 2.13 bits per heavy atom. The summed E-state index contributed by atoms with van der Waals surface area (Å²) in [5.41, 5.74) is 2.87. The Kier molecular flexibility index (Phi) is 4.53. The summed E-state index contributed by atoms with van der Waals surface area (Å²) in [6.07, 6.45) is 0. The van der Waals surface area contributed by atoms with Crippen LogP contribution in [0.3, 0.4) is 0 Å². The molecule has 0 atom stereocenters. The van der Waals surface area contributed by atoms with Crippen LogP contribution in [0, 0.1) is 13.8 Å². The zero-order valence-corrected chi connectivity index (χ0v) is 14.8. The van der Waals surface area contributed by atoms with Gasteiger partial charge in [-0.2, -0.15) is 0 Å². The number of nitrogens with zero attached hydrogens (tertiary/aromatic N) is 2. The van der Waals surface area contributed by atoms with Crippen molar-refractivity contribution >= 4 is 33.2 Å². The molecule has 0 saturated heterocycles. The zero-order chi connectivity index (χ0) is 16.6. The summed E-state index contributed by atoms with van der Waals surface area (Å²) in [5, 5.41) is 3.38. The lowest BCUT2D eigenvalue weighted by Crippen LogP contribution is -2.25. The Hall–Kier alpha value is -1.69. The van der Waals surface area contributed by atoms with Crippen LogP contribution in [0.5, 0.6) is 0 Å². The highest BCUT2D eigenvalue weighted by Crippen LogP contribution is 2.32. The molecule has 1 aromatic carbocycles. The Bertz CT molecular complexity index is 930. The number of benzene rings is 1. The van der Waals surface area contributed by atoms with Crippen molar-refractivity contribution < 1.29 is 4.74 Å². The average molecular weight is 349 g/mol. The first-order valence-electron chi connectivity index (χ1n) is 7.27. The number of aromatic nitrogens is 2. The fraction of sp³-hybridized carbons (Fsp3) is 0.294. The minimum absolute atomic E-state index is 0.0200. The summed E-state index contributed by atoms with van der Waals surface area (Å²) in [6.45, 7) is 4.79. The molecule has 0 bridgehead atoms. The van der Waals surface area contributed by atoms with Crippen LogP contribution < -0.4 is 5.56 Å². The van der Waals surface area contributed by atoms with Gasteiger partial charge in [0.15, 0.2) is 0 Å². The number of fused-ring (bicyclic) bond motifs is 1. The largest absolute Gasteiger partial charge is 0.383 e. The van der Waals surface area contributed by atoms with Crippen molar-refractivity contribution in [3.63, 3.8) is 0 Å². The van der Waals surface area contributed by atoms with Gasteiger partial charge >= 0.3 is 0 Å². The van der Waals surface area contributed by atoms with Crippen LogP contribution >= 0.6 is 22.9 Å². The van der Waals surface area contributed by atoms with Crippen molar-refractivity contribution in [2.75, 3.05) is 13.7 Å². The highest BCUT2D eigenvalue weighted by atomic mass is 35.5. The zero-order valence-electron chi connectivity index (χ0n) is 13.2. The highest BCUT2D eigenvalue weighted by Gasteiger charge is 2.15. The number of halogens is 1. The fourth-order valence-corrected chi connectivity index (χ4v) is 3.70. The molecule has 6 heteroatoms. The van der Waals surface area contributed by atoms with Gasteiger partial charge in [-0.1, -0.05) is 17.7 Å². The van der Waals surface area contributed by atoms with Crippen LogP contribution in [0.4, 0.5) is 0 Å². The lowest BCUT2D eigenvalue weighted by Gasteiger charge is -2.09. The first-order chi connectivity index (χ1) is 11.0. The smallest absolute Gasteiger partial charge is 0.262 e. The topological polar surface area (TPSA) is 44.1 Å². The molecule has 0 aliphatic rings. The predicted octanol–water partition coefficient (Wildman–Crippen LogP) is 4.04. The normalized spacial score (nSPS) is 11.3. The van der Waals surface area contributed by atoms with Crippen molar-refractivity contribution in [2.45, 2.75) is 20.4 Å². The van der Waals surface area contributed by atoms with Gasteiger partial charge in [0.25, 0.3) is 5.56 Å². The van der Waals surface area contributed by atoms with Gasteiger partial charge in [0.2, 0.25) is 0 Å². The minimum Gasteiger partial charge on any atom is -0.383 e. The van der Waals surface area contributed by atoms with Gasteiger partial charge < -0.3 is 4.74 Å². The fourth-order valence-electron chi connectivity index (χ4n) is 2.60. The maximum Gasteiger partial charge on any atom is 0.262 e. The second-order valence-corrected chi connectivity index (χ2v) is 6.67. The molecule has 0 saturated carbocycles. The molecule has 0 aliphatic carbocycles. The molecule has 3 rings (SSSR count). The van der Waals surface area contributed by atoms with E-state index in [2.05, 4.69) is 4.98 Å². The third-order valence-electron chi connectivity index (χ3n) is 3.87. The molecule has 0 spiro atoms. The molecule has 0 aliphatic heterocycles. The van der Waals surface area contributed by atoms with Gasteiger partial charge in [-0.3, -0.25) is 9.36 Å². The van der Waals surface area contributed by atoms with Crippen LogP contribution in [-0.4, -0.2) is 23.3 Å². The van der Waals surface area contributed by atoms with Gasteiger partial charge in [-0.05, 0) is 37.1 Å². The monoisotopic (exact) mass is 348 g/mol. The number of ether oxygens (including phenoxy) is 1. The molecule has 0 unspecified atom stereocenters. The van der Waals surface area contributed by atoms with Gasteiger partial charge in [0.05, 0.1) is 18.5 Å². The average Bonchev–Trinajstić information content (AvgIpc) is 2.93. The Labute approximate surface area is 143 Å². The van der Waals surface area contributed by atoms with Crippen LogP contribution in [0.1, 0.15) is 11.4 Å². The maximum atomic E-state index is 12.9. The second-order valence-electron chi connectivity index (χ2n) is 5.40. The van der Waals surface area contributed by atoms with Gasteiger partial charge in [0, 0.05) is 23.1 Å². The van der Waals surface area contributed by atoms with E-state index in [1.54, 1.807) is 11.7 Å². The summed E-state index contributed by atoms with van der Waals surface area (Å²) in [5.74, 6) is 0.709. The van der Waals surface area contributed by atoms with Gasteiger partial charge in [-0.25, -0.2) is 4.98 Å². The first-order valence-corrected chi connectivity index (χ1v) is 8.52. The Morgan fingerprint density at radius 1 is 1.35 bits per heavy atom. The molecule has 2 aromatic heterocycles. The van der Waals surface area contributed by atoms with Crippen molar-refractivity contribution in [3.05, 3.63) is 50.3 Å². The van der Waals surface area contributed by atoms with Crippen molar-refractivity contribution in [3.8, 4) is 11.1 Å². The third kappa shape index (κ3) is 2.92. The molecule has 4 nitrogen and oxygen atoms in total. The molecule has 0 radical (unpaired) electrons. The molecule has 2 heterocycles. The van der Waals surface area contributed by atoms with Gasteiger partial charge in [-0.15, -0.1) is 11.3 Å². The molecular formula is C17H17ClN2O2S. The van der Waals surface area contributed by atoms with E-state index < -0.39 is 0 Å². The summed E-state index contributed by atoms with van der Waals surface area (Å²) in [6, 6.07) is 5.80. The SMILES string of the molecule is COCCn1c(C)nc2scc(-c3ccc(Cl)c(C)c3)c2c1=O. The number of rotatable bonds is 4. The number of thiophene rings is 1. The lowest BCUT2D eigenvalue weighted by molar-refractivity contribution is 0.185. The maximum absolute atomic E-state index is 12.9. The number of methoxy groups -OCH3 is 1. The van der Waals surface area contributed by atoms with Gasteiger partial charge in [0.1, 0.15) is 10.7 Å². The number of aryl methyl sites for hydroxylation is 2. The Balaban J connectivity index is 2.22. The molecule has 0 amide bonds. The summed E-state index contributed by atoms with van der Waals surface area (Å²) >= 11 is 7.60. The summed E-state index contributed by atoms with van der Waals surface area (Å²) in [7, 11) is 1.62. The van der Waals surface area contributed by atoms with Crippen molar-refractivity contribution in [1.29, 1.82) is 0 Å². The van der Waals surface area contributed by atoms with Crippen LogP contribution in [0.25, 0.3) is 21.3 Å². The van der Waals surface area contributed by atoms with E-state index in [1.165, 1.54) is 11.3 Å². The molecule has 0 N–H and O–H groups in total. The third-order valence-corrected chi connectivity index (χ3v) is 5.17. The number of hydrogen-bond acceptors (Lipinski definition) is 4. The number of hydrogen-bond donors (Lipinski definition) is 0. The summed E-state index contributed by atoms with van der Waals surface area (Å²) < 4.78 is 6.76. The van der Waals surface area contributed by atoms with E-state index in [0.717, 1.165) is 26.5 Å². The predicted molar refractivity (Wildman–Crippen MR) is 95.7 cm³/mol. The van der Waals surface area contributed by atoms with Crippen molar-refractivity contribution in [1.82, 2.24) is 9.55 Å². The molecule has 3 aromatic rings. The molecule has 0 fully saturated rings.